The minimum Gasteiger partial charge on any atom is -0.379 e. The SMILES string of the molecule is CN=C(NCCN1CCOC(C)(C)C1)N1CCC(N2CCOCC2)C1.I. The van der Waals surface area contributed by atoms with Gasteiger partial charge in [0.25, 0.3) is 0 Å². The minimum atomic E-state index is -0.0275. The van der Waals surface area contributed by atoms with Crippen molar-refractivity contribution in [3.05, 3.63) is 0 Å². The van der Waals surface area contributed by atoms with Crippen molar-refractivity contribution in [1.29, 1.82) is 0 Å². The molecule has 0 aliphatic carbocycles. The van der Waals surface area contributed by atoms with Gasteiger partial charge in [0.15, 0.2) is 5.96 Å². The summed E-state index contributed by atoms with van der Waals surface area (Å²) < 4.78 is 11.3. The Morgan fingerprint density at radius 1 is 1.15 bits per heavy atom. The normalized spacial score (nSPS) is 28.0. The van der Waals surface area contributed by atoms with E-state index in [1.54, 1.807) is 0 Å². The largest absolute Gasteiger partial charge is 0.379 e. The Morgan fingerprint density at radius 2 is 1.92 bits per heavy atom. The van der Waals surface area contributed by atoms with Crippen molar-refractivity contribution < 1.29 is 9.47 Å². The maximum absolute atomic E-state index is 5.79. The number of morpholine rings is 2. The van der Waals surface area contributed by atoms with E-state index in [2.05, 4.69) is 38.9 Å². The third-order valence-corrected chi connectivity index (χ3v) is 5.45. The molecule has 0 amide bonds. The molecule has 7 nitrogen and oxygen atoms in total. The van der Waals surface area contributed by atoms with Crippen molar-refractivity contribution in [3.8, 4) is 0 Å². The van der Waals surface area contributed by atoms with E-state index in [-0.39, 0.29) is 29.6 Å². The maximum atomic E-state index is 5.79. The summed E-state index contributed by atoms with van der Waals surface area (Å²) in [7, 11) is 1.89. The molecule has 1 unspecified atom stereocenters. The van der Waals surface area contributed by atoms with Gasteiger partial charge in [0.2, 0.25) is 0 Å². The zero-order chi connectivity index (χ0) is 17.7. The lowest BCUT2D eigenvalue weighted by atomic mass is 10.1. The predicted molar refractivity (Wildman–Crippen MR) is 116 cm³/mol. The zero-order valence-electron chi connectivity index (χ0n) is 16.6. The van der Waals surface area contributed by atoms with Crippen LogP contribution in [-0.2, 0) is 9.47 Å². The summed E-state index contributed by atoms with van der Waals surface area (Å²) in [5, 5.41) is 3.56. The number of likely N-dealkylation sites (tertiary alicyclic amines) is 1. The van der Waals surface area contributed by atoms with Crippen LogP contribution >= 0.6 is 24.0 Å². The van der Waals surface area contributed by atoms with Gasteiger partial charge in [-0.15, -0.1) is 24.0 Å². The van der Waals surface area contributed by atoms with Crippen LogP contribution in [0.1, 0.15) is 20.3 Å². The van der Waals surface area contributed by atoms with Crippen LogP contribution < -0.4 is 5.32 Å². The quantitative estimate of drug-likeness (QED) is 0.363. The van der Waals surface area contributed by atoms with Gasteiger partial charge in [-0.3, -0.25) is 14.8 Å². The standard InChI is InChI=1S/C18H35N5O2.HI/c1-18(2)15-21(8-13-25-18)7-5-20-17(19-3)23-6-4-16(14-23)22-9-11-24-12-10-22;/h16H,4-15H2,1-3H3,(H,19,20);1H. The summed E-state index contributed by atoms with van der Waals surface area (Å²) in [4.78, 5) is 12.0. The van der Waals surface area contributed by atoms with Gasteiger partial charge in [-0.2, -0.15) is 0 Å². The molecule has 3 aliphatic heterocycles. The molecule has 0 aromatic carbocycles. The number of guanidine groups is 1. The highest BCUT2D eigenvalue weighted by Gasteiger charge is 2.30. The molecule has 26 heavy (non-hydrogen) atoms. The minimum absolute atomic E-state index is 0. The number of nitrogens with zero attached hydrogens (tertiary/aromatic N) is 4. The first-order chi connectivity index (χ1) is 12.1. The number of halogens is 1. The molecular formula is C18H36IN5O2. The second-order valence-electron chi connectivity index (χ2n) is 7.90. The van der Waals surface area contributed by atoms with Gasteiger partial charge < -0.3 is 19.7 Å². The fourth-order valence-electron chi connectivity index (χ4n) is 4.14. The van der Waals surface area contributed by atoms with Crippen molar-refractivity contribution in [3.63, 3.8) is 0 Å². The molecule has 0 saturated carbocycles. The van der Waals surface area contributed by atoms with Gasteiger partial charge >= 0.3 is 0 Å². The summed E-state index contributed by atoms with van der Waals surface area (Å²) in [5.74, 6) is 1.04. The van der Waals surface area contributed by atoms with Crippen LogP contribution in [0.5, 0.6) is 0 Å². The van der Waals surface area contributed by atoms with Gasteiger partial charge in [0.1, 0.15) is 0 Å². The van der Waals surface area contributed by atoms with Crippen LogP contribution in [0.3, 0.4) is 0 Å². The summed E-state index contributed by atoms with van der Waals surface area (Å²) in [6, 6.07) is 0.641. The Bertz CT molecular complexity index is 457. The van der Waals surface area contributed by atoms with Crippen LogP contribution in [0.2, 0.25) is 0 Å². The van der Waals surface area contributed by atoms with E-state index in [0.29, 0.717) is 6.04 Å². The highest BCUT2D eigenvalue weighted by Crippen LogP contribution is 2.17. The van der Waals surface area contributed by atoms with E-state index in [1.807, 2.05) is 7.05 Å². The number of hydrogen-bond acceptors (Lipinski definition) is 5. The molecule has 0 aromatic rings. The smallest absolute Gasteiger partial charge is 0.193 e. The average molecular weight is 481 g/mol. The van der Waals surface area contributed by atoms with E-state index in [4.69, 9.17) is 9.47 Å². The Balaban J connectivity index is 0.00000243. The Hall–Kier alpha value is -0.160. The van der Waals surface area contributed by atoms with Crippen molar-refractivity contribution in [1.82, 2.24) is 20.0 Å². The number of ether oxygens (including phenoxy) is 2. The number of aliphatic imine (C=N–C) groups is 1. The lowest BCUT2D eigenvalue weighted by molar-refractivity contribution is -0.0852. The van der Waals surface area contributed by atoms with Crippen LogP contribution in [0, 0.1) is 0 Å². The van der Waals surface area contributed by atoms with Crippen molar-refractivity contribution >= 4 is 29.9 Å². The van der Waals surface area contributed by atoms with Crippen molar-refractivity contribution in [2.24, 2.45) is 4.99 Å². The highest BCUT2D eigenvalue weighted by atomic mass is 127. The molecule has 3 rings (SSSR count). The van der Waals surface area contributed by atoms with Gasteiger partial charge in [-0.05, 0) is 20.3 Å². The fourth-order valence-corrected chi connectivity index (χ4v) is 4.14. The topological polar surface area (TPSA) is 52.6 Å². The van der Waals surface area contributed by atoms with Crippen LogP contribution in [0.4, 0.5) is 0 Å². The number of rotatable bonds is 4. The molecule has 3 fully saturated rings. The molecular weight excluding hydrogens is 445 g/mol. The molecule has 1 atom stereocenters. The first-order valence-electron chi connectivity index (χ1n) is 9.71. The second kappa shape index (κ2) is 10.4. The molecule has 0 radical (unpaired) electrons. The van der Waals surface area contributed by atoms with E-state index < -0.39 is 0 Å². The van der Waals surface area contributed by atoms with E-state index in [9.17, 15) is 0 Å². The Morgan fingerprint density at radius 3 is 2.62 bits per heavy atom. The Kier molecular flexibility index (Phi) is 8.85. The van der Waals surface area contributed by atoms with Gasteiger partial charge in [-0.25, -0.2) is 0 Å². The molecule has 1 N–H and O–H groups in total. The summed E-state index contributed by atoms with van der Waals surface area (Å²) in [6.07, 6.45) is 1.22. The summed E-state index contributed by atoms with van der Waals surface area (Å²) in [6.45, 7) is 15.2. The summed E-state index contributed by atoms with van der Waals surface area (Å²) >= 11 is 0. The molecule has 0 spiro atoms. The van der Waals surface area contributed by atoms with Crippen LogP contribution in [-0.4, -0.2) is 112 Å². The lowest BCUT2D eigenvalue weighted by Crippen LogP contribution is -2.51. The first kappa shape index (κ1) is 22.1. The van der Waals surface area contributed by atoms with Crippen molar-refractivity contribution in [2.75, 3.05) is 79.2 Å². The third-order valence-electron chi connectivity index (χ3n) is 5.45. The van der Waals surface area contributed by atoms with Gasteiger partial charge in [0, 0.05) is 65.4 Å². The first-order valence-corrected chi connectivity index (χ1v) is 9.71. The molecule has 0 bridgehead atoms. The highest BCUT2D eigenvalue weighted by molar-refractivity contribution is 14.0. The molecule has 3 saturated heterocycles. The molecule has 8 heteroatoms. The molecule has 3 aliphatic rings. The number of hydrogen-bond donors (Lipinski definition) is 1. The molecule has 3 heterocycles. The van der Waals surface area contributed by atoms with E-state index >= 15 is 0 Å². The van der Waals surface area contributed by atoms with Crippen LogP contribution in [0.15, 0.2) is 4.99 Å². The zero-order valence-corrected chi connectivity index (χ0v) is 18.9. The Labute approximate surface area is 175 Å². The van der Waals surface area contributed by atoms with E-state index in [1.165, 1.54) is 6.42 Å². The summed E-state index contributed by atoms with van der Waals surface area (Å²) in [5.41, 5.74) is -0.0275. The third kappa shape index (κ3) is 6.19. The predicted octanol–water partition coefficient (Wildman–Crippen LogP) is 0.697. The van der Waals surface area contributed by atoms with Gasteiger partial charge in [0.05, 0.1) is 25.4 Å². The maximum Gasteiger partial charge on any atom is 0.193 e. The van der Waals surface area contributed by atoms with Gasteiger partial charge in [-0.1, -0.05) is 0 Å². The monoisotopic (exact) mass is 481 g/mol. The molecule has 152 valence electrons. The van der Waals surface area contributed by atoms with E-state index in [0.717, 1.165) is 78.1 Å². The van der Waals surface area contributed by atoms with Crippen molar-refractivity contribution in [2.45, 2.75) is 31.9 Å². The fraction of sp³-hybridized carbons (Fsp3) is 0.944. The second-order valence-corrected chi connectivity index (χ2v) is 7.90. The number of nitrogens with one attached hydrogen (secondary N) is 1. The molecule has 0 aromatic heterocycles. The van der Waals surface area contributed by atoms with Crippen LogP contribution in [0.25, 0.3) is 0 Å². The average Bonchev–Trinajstić information content (AvgIpc) is 3.08. The lowest BCUT2D eigenvalue weighted by Gasteiger charge is -2.38.